The monoisotopic (exact) mass is 230 g/mol. The maximum Gasteiger partial charge on any atom is 0.404 e. The molecule has 4 aliphatic carbocycles. The molecule has 84 valence electrons. The van der Waals surface area contributed by atoms with Crippen LogP contribution in [0, 0.1) is 17.8 Å². The number of aliphatic hydroxyl groups is 1. The molecule has 0 radical (unpaired) electrons. The number of rotatable bonds is 1. The van der Waals surface area contributed by atoms with E-state index < -0.39 is 11.0 Å². The highest BCUT2D eigenvalue weighted by Gasteiger charge is 2.56. The minimum atomic E-state index is -0.695. The summed E-state index contributed by atoms with van der Waals surface area (Å²) in [6, 6.07) is 0. The lowest BCUT2D eigenvalue weighted by Gasteiger charge is -2.57. The molecule has 0 amide bonds. The highest BCUT2D eigenvalue weighted by Crippen LogP contribution is 2.56. The van der Waals surface area contributed by atoms with Gasteiger partial charge in [-0.25, -0.2) is 4.79 Å². The van der Waals surface area contributed by atoms with Crippen LogP contribution < -0.4 is 0 Å². The van der Waals surface area contributed by atoms with Crippen LogP contribution >= 0.6 is 11.6 Å². The van der Waals surface area contributed by atoms with Crippen molar-refractivity contribution in [2.45, 2.75) is 43.8 Å². The third-order valence-corrected chi connectivity index (χ3v) is 4.47. The van der Waals surface area contributed by atoms with Crippen LogP contribution in [0.5, 0.6) is 0 Å². The molecule has 4 aliphatic rings. The summed E-state index contributed by atoms with van der Waals surface area (Å²) in [6.07, 6.45) is 4.67. The van der Waals surface area contributed by atoms with Crippen molar-refractivity contribution in [3.8, 4) is 0 Å². The molecule has 4 fully saturated rings. The van der Waals surface area contributed by atoms with E-state index >= 15 is 0 Å². The van der Waals surface area contributed by atoms with Gasteiger partial charge in [0.15, 0.2) is 0 Å². The topological polar surface area (TPSA) is 46.5 Å². The van der Waals surface area contributed by atoms with E-state index in [4.69, 9.17) is 16.3 Å². The molecular weight excluding hydrogens is 216 g/mol. The van der Waals surface area contributed by atoms with E-state index in [1.54, 1.807) is 0 Å². The van der Waals surface area contributed by atoms with Crippen molar-refractivity contribution < 1.29 is 14.6 Å². The molecular formula is C11H15ClO3. The zero-order valence-electron chi connectivity index (χ0n) is 8.49. The van der Waals surface area contributed by atoms with Crippen LogP contribution in [0.4, 0.5) is 4.79 Å². The average Bonchev–Trinajstić information content (AvgIpc) is 2.08. The molecule has 0 spiro atoms. The molecule has 1 N–H and O–H groups in total. The lowest BCUT2D eigenvalue weighted by molar-refractivity contribution is -0.173. The summed E-state index contributed by atoms with van der Waals surface area (Å²) in [5.74, 6) is 1.31. The summed E-state index contributed by atoms with van der Waals surface area (Å²) < 4.78 is 5.19. The number of carbonyl (C=O) groups is 1. The Morgan fingerprint density at radius 2 is 1.87 bits per heavy atom. The van der Waals surface area contributed by atoms with Gasteiger partial charge in [-0.3, -0.25) is 0 Å². The molecule has 4 rings (SSSR count). The smallest absolute Gasteiger partial charge is 0.404 e. The van der Waals surface area contributed by atoms with Crippen molar-refractivity contribution in [2.24, 2.45) is 17.8 Å². The fourth-order valence-corrected chi connectivity index (χ4v) is 4.34. The van der Waals surface area contributed by atoms with Crippen molar-refractivity contribution in [1.29, 1.82) is 0 Å². The molecule has 0 heterocycles. The summed E-state index contributed by atoms with van der Waals surface area (Å²) in [7, 11) is 0. The first-order valence-electron chi connectivity index (χ1n) is 5.64. The first kappa shape index (κ1) is 9.91. The van der Waals surface area contributed by atoms with Gasteiger partial charge in [0.25, 0.3) is 0 Å². The van der Waals surface area contributed by atoms with E-state index in [1.807, 2.05) is 0 Å². The van der Waals surface area contributed by atoms with E-state index in [9.17, 15) is 9.90 Å². The van der Waals surface area contributed by atoms with Crippen molar-refractivity contribution in [2.75, 3.05) is 0 Å². The normalized spacial score (nSPS) is 51.9. The molecule has 0 saturated heterocycles. The largest absolute Gasteiger partial charge is 0.450 e. The van der Waals surface area contributed by atoms with Gasteiger partial charge >= 0.3 is 5.43 Å². The Hall–Kier alpha value is -0.280. The van der Waals surface area contributed by atoms with Gasteiger partial charge < -0.3 is 9.84 Å². The van der Waals surface area contributed by atoms with Gasteiger partial charge in [0.05, 0.1) is 5.60 Å². The standard InChI is InChI=1S/C11H15ClO3/c12-10(13)15-9-7-1-6-2-8(9)5-11(14,3-6)4-7/h6-9,14H,1-5H2/t6?,7-,8?,9?,11?/m0/s1. The van der Waals surface area contributed by atoms with E-state index in [-0.39, 0.29) is 6.10 Å². The molecule has 3 nitrogen and oxygen atoms in total. The van der Waals surface area contributed by atoms with Gasteiger partial charge in [-0.05, 0) is 49.9 Å². The second-order valence-corrected chi connectivity index (χ2v) is 5.82. The second kappa shape index (κ2) is 3.11. The minimum Gasteiger partial charge on any atom is -0.450 e. The summed E-state index contributed by atoms with van der Waals surface area (Å²) in [6.45, 7) is 0. The maximum absolute atomic E-state index is 10.8. The lowest BCUT2D eigenvalue weighted by atomic mass is 9.53. The molecule has 0 aromatic rings. The zero-order valence-corrected chi connectivity index (χ0v) is 9.24. The maximum atomic E-state index is 10.8. The van der Waals surface area contributed by atoms with E-state index in [1.165, 1.54) is 0 Å². The molecule has 5 atom stereocenters. The number of ether oxygens (including phenoxy) is 1. The quantitative estimate of drug-likeness (QED) is 0.704. The number of halogens is 1. The fraction of sp³-hybridized carbons (Fsp3) is 0.909. The predicted molar refractivity (Wildman–Crippen MR) is 54.6 cm³/mol. The van der Waals surface area contributed by atoms with E-state index in [2.05, 4.69) is 0 Å². The molecule has 0 aromatic carbocycles. The van der Waals surface area contributed by atoms with E-state index in [0.717, 1.165) is 32.1 Å². The van der Waals surface area contributed by atoms with Gasteiger partial charge in [0, 0.05) is 11.6 Å². The van der Waals surface area contributed by atoms with Gasteiger partial charge in [0.1, 0.15) is 6.10 Å². The Balaban J connectivity index is 1.82. The van der Waals surface area contributed by atoms with Crippen LogP contribution in [0.1, 0.15) is 32.1 Å². The third kappa shape index (κ3) is 1.56. The van der Waals surface area contributed by atoms with Crippen molar-refractivity contribution in [1.82, 2.24) is 0 Å². The zero-order chi connectivity index (χ0) is 10.6. The van der Waals surface area contributed by atoms with Crippen molar-refractivity contribution >= 4 is 17.0 Å². The number of hydrogen-bond donors (Lipinski definition) is 1. The first-order valence-corrected chi connectivity index (χ1v) is 6.02. The Morgan fingerprint density at radius 3 is 2.33 bits per heavy atom. The molecule has 4 heteroatoms. The van der Waals surface area contributed by atoms with Gasteiger partial charge in [-0.15, -0.1) is 0 Å². The second-order valence-electron chi connectivity index (χ2n) is 5.51. The molecule has 15 heavy (non-hydrogen) atoms. The van der Waals surface area contributed by atoms with Crippen molar-refractivity contribution in [3.63, 3.8) is 0 Å². The molecule has 0 aliphatic heterocycles. The third-order valence-electron chi connectivity index (χ3n) is 4.38. The first-order chi connectivity index (χ1) is 7.06. The van der Waals surface area contributed by atoms with Gasteiger partial charge in [-0.1, -0.05) is 0 Å². The predicted octanol–water partition coefficient (Wildman–Crippen LogP) is 2.30. The summed E-state index contributed by atoms with van der Waals surface area (Å²) in [5.41, 5.74) is -1.16. The highest BCUT2D eigenvalue weighted by molar-refractivity contribution is 6.61. The van der Waals surface area contributed by atoms with Crippen LogP contribution in [0.15, 0.2) is 0 Å². The van der Waals surface area contributed by atoms with Crippen LogP contribution in [-0.4, -0.2) is 22.2 Å². The number of carbonyl (C=O) groups excluding carboxylic acids is 1. The van der Waals surface area contributed by atoms with Crippen LogP contribution in [0.3, 0.4) is 0 Å². The average molecular weight is 231 g/mol. The Labute approximate surface area is 93.7 Å². The minimum absolute atomic E-state index is 0.0353. The summed E-state index contributed by atoms with van der Waals surface area (Å²) >= 11 is 5.28. The summed E-state index contributed by atoms with van der Waals surface area (Å²) in [5, 5.41) is 10.3. The molecule has 0 aromatic heterocycles. The number of hydrogen-bond acceptors (Lipinski definition) is 3. The van der Waals surface area contributed by atoms with Gasteiger partial charge in [-0.2, -0.15) is 0 Å². The Morgan fingerprint density at radius 1 is 1.27 bits per heavy atom. The summed E-state index contributed by atoms with van der Waals surface area (Å²) in [4.78, 5) is 10.8. The van der Waals surface area contributed by atoms with Crippen molar-refractivity contribution in [3.05, 3.63) is 0 Å². The Bertz CT molecular complexity index is 288. The highest BCUT2D eigenvalue weighted by atomic mass is 35.5. The van der Waals surface area contributed by atoms with E-state index in [0.29, 0.717) is 17.8 Å². The molecule has 4 unspecified atom stereocenters. The van der Waals surface area contributed by atoms with Crippen LogP contribution in [0.25, 0.3) is 0 Å². The molecule has 4 saturated carbocycles. The molecule has 4 bridgehead atoms. The lowest BCUT2D eigenvalue weighted by Crippen LogP contribution is -2.57. The van der Waals surface area contributed by atoms with Crippen LogP contribution in [-0.2, 0) is 4.74 Å². The Kier molecular flexibility index (Phi) is 2.05. The van der Waals surface area contributed by atoms with Crippen LogP contribution in [0.2, 0.25) is 0 Å². The fourth-order valence-electron chi connectivity index (χ4n) is 4.23. The SMILES string of the molecule is O=C(Cl)OC1C2CC3C[C@H]1CC(O)(C3)C2. The van der Waals surface area contributed by atoms with Gasteiger partial charge in [0.2, 0.25) is 0 Å².